The number of nitrogens with one attached hydrogen (secondary N) is 2. The van der Waals surface area contributed by atoms with E-state index in [1.165, 1.54) is 30.7 Å². The molecule has 2 aliphatic rings. The minimum atomic E-state index is -0.546. The van der Waals surface area contributed by atoms with Gasteiger partial charge in [-0.1, -0.05) is 0 Å². The second-order valence-electron chi connectivity index (χ2n) is 6.47. The number of hydrogen-bond donors (Lipinski definition) is 2. The van der Waals surface area contributed by atoms with Crippen molar-refractivity contribution in [3.05, 3.63) is 17.7 Å². The molecular weight excluding hydrogens is 340 g/mol. The molecule has 1 aromatic rings. The zero-order valence-electron chi connectivity index (χ0n) is 14.6. The summed E-state index contributed by atoms with van der Waals surface area (Å²) >= 11 is 2.05. The average molecular weight is 366 g/mol. The highest BCUT2D eigenvalue weighted by Crippen LogP contribution is 2.24. The van der Waals surface area contributed by atoms with E-state index < -0.39 is 5.97 Å². The summed E-state index contributed by atoms with van der Waals surface area (Å²) in [4.78, 5) is 33.6. The molecule has 1 aromatic heterocycles. The second-order valence-corrected chi connectivity index (χ2v) is 7.70. The number of H-pyrrole nitrogens is 1. The SMILES string of the molecule is CCOC(=O)c1[nH]cnc1C(=O)NC1CCN(C2CCSCC2)CC1. The van der Waals surface area contributed by atoms with E-state index in [-0.39, 0.29) is 29.9 Å². The summed E-state index contributed by atoms with van der Waals surface area (Å²) in [6.07, 6.45) is 5.78. The number of ether oxygens (including phenoxy) is 1. The molecule has 138 valence electrons. The molecule has 0 radical (unpaired) electrons. The number of amides is 1. The fourth-order valence-electron chi connectivity index (χ4n) is 3.54. The topological polar surface area (TPSA) is 87.3 Å². The first-order valence-electron chi connectivity index (χ1n) is 9.02. The number of thioether (sulfide) groups is 1. The zero-order chi connectivity index (χ0) is 17.6. The van der Waals surface area contributed by atoms with Gasteiger partial charge in [-0.15, -0.1) is 0 Å². The Balaban J connectivity index is 1.51. The number of carbonyl (C=O) groups is 2. The van der Waals surface area contributed by atoms with E-state index in [1.807, 2.05) is 11.8 Å². The molecule has 0 spiro atoms. The Bertz CT molecular complexity index is 592. The molecule has 3 rings (SSSR count). The van der Waals surface area contributed by atoms with Crippen LogP contribution in [0.4, 0.5) is 0 Å². The first-order chi connectivity index (χ1) is 12.2. The van der Waals surface area contributed by atoms with Crippen molar-refractivity contribution >= 4 is 23.6 Å². The van der Waals surface area contributed by atoms with Gasteiger partial charge in [-0.2, -0.15) is 11.8 Å². The van der Waals surface area contributed by atoms with E-state index in [0.717, 1.165) is 25.9 Å². The van der Waals surface area contributed by atoms with Crippen molar-refractivity contribution in [1.29, 1.82) is 0 Å². The largest absolute Gasteiger partial charge is 0.461 e. The van der Waals surface area contributed by atoms with Crippen molar-refractivity contribution in [3.63, 3.8) is 0 Å². The average Bonchev–Trinajstić information content (AvgIpc) is 3.13. The van der Waals surface area contributed by atoms with Crippen molar-refractivity contribution in [2.45, 2.75) is 44.7 Å². The Morgan fingerprint density at radius 2 is 2.04 bits per heavy atom. The van der Waals surface area contributed by atoms with Crippen LogP contribution in [0, 0.1) is 0 Å². The lowest BCUT2D eigenvalue weighted by Gasteiger charge is -2.39. The Hall–Kier alpha value is -1.54. The normalized spacial score (nSPS) is 20.4. The van der Waals surface area contributed by atoms with Crippen molar-refractivity contribution < 1.29 is 14.3 Å². The summed E-state index contributed by atoms with van der Waals surface area (Å²) in [5.41, 5.74) is 0.238. The summed E-state index contributed by atoms with van der Waals surface area (Å²) in [5, 5.41) is 3.02. The fraction of sp³-hybridized carbons (Fsp3) is 0.706. The molecule has 0 aromatic carbocycles. The third-order valence-electron chi connectivity index (χ3n) is 4.91. The number of piperidine rings is 1. The number of esters is 1. The van der Waals surface area contributed by atoms with Gasteiger partial charge in [0, 0.05) is 25.2 Å². The van der Waals surface area contributed by atoms with Crippen LogP contribution in [-0.2, 0) is 4.74 Å². The lowest BCUT2D eigenvalue weighted by atomic mass is 10.0. The Kier molecular flexibility index (Phi) is 6.36. The molecule has 0 atom stereocenters. The minimum absolute atomic E-state index is 0.116. The molecule has 7 nitrogen and oxygen atoms in total. The van der Waals surface area contributed by atoms with E-state index in [9.17, 15) is 9.59 Å². The molecule has 2 aliphatic heterocycles. The number of imidazole rings is 1. The summed E-state index contributed by atoms with van der Waals surface area (Å²) in [6.45, 7) is 4.03. The predicted octanol–water partition coefficient (Wildman–Crippen LogP) is 1.68. The van der Waals surface area contributed by atoms with Crippen molar-refractivity contribution in [3.8, 4) is 0 Å². The van der Waals surface area contributed by atoms with Crippen LogP contribution >= 0.6 is 11.8 Å². The van der Waals surface area contributed by atoms with Crippen LogP contribution < -0.4 is 5.32 Å². The molecule has 1 amide bonds. The molecule has 2 saturated heterocycles. The Morgan fingerprint density at radius 1 is 1.32 bits per heavy atom. The third-order valence-corrected chi connectivity index (χ3v) is 5.95. The third kappa shape index (κ3) is 4.55. The van der Waals surface area contributed by atoms with Gasteiger partial charge in [-0.3, -0.25) is 4.79 Å². The van der Waals surface area contributed by atoms with Crippen molar-refractivity contribution in [2.75, 3.05) is 31.2 Å². The van der Waals surface area contributed by atoms with Crippen LogP contribution in [0.25, 0.3) is 0 Å². The number of aromatic nitrogens is 2. The summed E-state index contributed by atoms with van der Waals surface area (Å²) in [7, 11) is 0. The molecule has 0 unspecified atom stereocenters. The first kappa shape index (κ1) is 18.3. The zero-order valence-corrected chi connectivity index (χ0v) is 15.4. The van der Waals surface area contributed by atoms with Gasteiger partial charge in [0.25, 0.3) is 5.91 Å². The van der Waals surface area contributed by atoms with E-state index in [1.54, 1.807) is 6.92 Å². The van der Waals surface area contributed by atoms with Gasteiger partial charge < -0.3 is 19.9 Å². The first-order valence-corrected chi connectivity index (χ1v) is 10.2. The summed E-state index contributed by atoms with van der Waals surface area (Å²) in [5.74, 6) is 1.67. The second kappa shape index (κ2) is 8.71. The lowest BCUT2D eigenvalue weighted by Crippen LogP contribution is -2.49. The molecule has 0 aliphatic carbocycles. The Morgan fingerprint density at radius 3 is 2.72 bits per heavy atom. The summed E-state index contributed by atoms with van der Waals surface area (Å²) < 4.78 is 4.95. The quantitative estimate of drug-likeness (QED) is 0.771. The Labute approximate surface area is 152 Å². The van der Waals surface area contributed by atoms with E-state index >= 15 is 0 Å². The molecule has 0 saturated carbocycles. The number of hydrogen-bond acceptors (Lipinski definition) is 6. The molecule has 2 fully saturated rings. The van der Waals surface area contributed by atoms with Gasteiger partial charge in [0.15, 0.2) is 11.4 Å². The van der Waals surface area contributed by atoms with E-state index in [0.29, 0.717) is 6.04 Å². The number of carbonyl (C=O) groups excluding carboxylic acids is 2. The van der Waals surface area contributed by atoms with Crippen LogP contribution in [0.2, 0.25) is 0 Å². The number of likely N-dealkylation sites (tertiary alicyclic amines) is 1. The van der Waals surface area contributed by atoms with Gasteiger partial charge in [0.05, 0.1) is 12.9 Å². The van der Waals surface area contributed by atoms with Crippen LogP contribution in [0.5, 0.6) is 0 Å². The number of nitrogens with zero attached hydrogens (tertiary/aromatic N) is 2. The van der Waals surface area contributed by atoms with Gasteiger partial charge in [-0.25, -0.2) is 9.78 Å². The van der Waals surface area contributed by atoms with Crippen LogP contribution in [0.15, 0.2) is 6.33 Å². The molecule has 3 heterocycles. The standard InChI is InChI=1S/C17H26N4O3S/c1-2-24-17(23)15-14(18-11-19-15)16(22)20-12-3-7-21(8-4-12)13-5-9-25-10-6-13/h11-13H,2-10H2,1H3,(H,18,19)(H,20,22). The molecule has 25 heavy (non-hydrogen) atoms. The summed E-state index contributed by atoms with van der Waals surface area (Å²) in [6, 6.07) is 0.841. The number of aromatic amines is 1. The van der Waals surface area contributed by atoms with Crippen LogP contribution in [-0.4, -0.2) is 70.0 Å². The highest BCUT2D eigenvalue weighted by molar-refractivity contribution is 7.99. The monoisotopic (exact) mass is 366 g/mol. The molecule has 2 N–H and O–H groups in total. The maximum absolute atomic E-state index is 12.5. The van der Waals surface area contributed by atoms with Gasteiger partial charge in [0.2, 0.25) is 0 Å². The maximum atomic E-state index is 12.5. The van der Waals surface area contributed by atoms with Gasteiger partial charge in [-0.05, 0) is 44.1 Å². The fourth-order valence-corrected chi connectivity index (χ4v) is 4.62. The molecule has 8 heteroatoms. The highest BCUT2D eigenvalue weighted by atomic mass is 32.2. The lowest BCUT2D eigenvalue weighted by molar-refractivity contribution is 0.0515. The maximum Gasteiger partial charge on any atom is 0.357 e. The minimum Gasteiger partial charge on any atom is -0.461 e. The van der Waals surface area contributed by atoms with Gasteiger partial charge >= 0.3 is 5.97 Å². The molecule has 0 bridgehead atoms. The van der Waals surface area contributed by atoms with Gasteiger partial charge in [0.1, 0.15) is 0 Å². The van der Waals surface area contributed by atoms with E-state index in [2.05, 4.69) is 20.2 Å². The van der Waals surface area contributed by atoms with Crippen molar-refractivity contribution in [2.24, 2.45) is 0 Å². The van der Waals surface area contributed by atoms with Crippen LogP contribution in [0.3, 0.4) is 0 Å². The number of rotatable bonds is 5. The predicted molar refractivity (Wildman–Crippen MR) is 97.0 cm³/mol. The smallest absolute Gasteiger partial charge is 0.357 e. The van der Waals surface area contributed by atoms with Crippen LogP contribution in [0.1, 0.15) is 53.6 Å². The van der Waals surface area contributed by atoms with E-state index in [4.69, 9.17) is 4.74 Å². The van der Waals surface area contributed by atoms with Crippen molar-refractivity contribution in [1.82, 2.24) is 20.2 Å². The molecular formula is C17H26N4O3S. The highest BCUT2D eigenvalue weighted by Gasteiger charge is 2.28.